The number of rotatable bonds is 9. The van der Waals surface area contributed by atoms with Crippen molar-refractivity contribution in [3.8, 4) is 11.4 Å². The molecule has 0 saturated heterocycles. The van der Waals surface area contributed by atoms with Gasteiger partial charge in [-0.05, 0) is 75.3 Å². The smallest absolute Gasteiger partial charge is 0.316 e. The third kappa shape index (κ3) is 4.42. The minimum atomic E-state index is -0.307. The summed E-state index contributed by atoms with van der Waals surface area (Å²) in [5, 5.41) is 12.5. The molecule has 8 nitrogen and oxygen atoms in total. The molecule has 4 saturated carbocycles. The highest BCUT2D eigenvalue weighted by Crippen LogP contribution is 2.60. The van der Waals surface area contributed by atoms with Crippen LogP contribution in [0.3, 0.4) is 0 Å². The van der Waals surface area contributed by atoms with E-state index in [9.17, 15) is 9.59 Å². The fourth-order valence-electron chi connectivity index (χ4n) is 6.63. The second-order valence-electron chi connectivity index (χ2n) is 9.88. The van der Waals surface area contributed by atoms with Crippen LogP contribution in [-0.4, -0.2) is 46.1 Å². The van der Waals surface area contributed by atoms with Gasteiger partial charge in [-0.1, -0.05) is 23.9 Å². The summed E-state index contributed by atoms with van der Waals surface area (Å²) in [6, 6.07) is 7.59. The van der Waals surface area contributed by atoms with Gasteiger partial charge in [-0.3, -0.25) is 14.2 Å². The zero-order chi connectivity index (χ0) is 23.7. The predicted octanol–water partition coefficient (Wildman–Crippen LogP) is 3.76. The van der Waals surface area contributed by atoms with E-state index < -0.39 is 0 Å². The number of carbonyl (C=O) groups is 2. The zero-order valence-corrected chi connectivity index (χ0v) is 20.6. The molecule has 182 valence electrons. The van der Waals surface area contributed by atoms with E-state index in [1.54, 1.807) is 14.0 Å². The standard InChI is InChI=1S/C25H32N4O4S/c1-3-33-22(30)15-34-24-28-27-21(29(24)19-6-4-5-7-20(19)32-2)14-26-23(31)25-11-16-8-17(12-25)10-18(9-16)13-25/h4-7,16-18H,3,8-15H2,1-2H3,(H,26,31). The first-order valence-electron chi connectivity index (χ1n) is 12.2. The molecule has 0 atom stereocenters. The molecule has 1 heterocycles. The molecule has 4 fully saturated rings. The van der Waals surface area contributed by atoms with Crippen LogP contribution in [0.25, 0.3) is 5.69 Å². The van der Waals surface area contributed by atoms with E-state index in [2.05, 4.69) is 15.5 Å². The first kappa shape index (κ1) is 23.2. The summed E-state index contributed by atoms with van der Waals surface area (Å²) in [6.45, 7) is 2.39. The van der Waals surface area contributed by atoms with Gasteiger partial charge < -0.3 is 14.8 Å². The van der Waals surface area contributed by atoms with Crippen LogP contribution in [0.5, 0.6) is 5.75 Å². The van der Waals surface area contributed by atoms with Crippen LogP contribution in [-0.2, 0) is 20.9 Å². The molecule has 6 rings (SSSR count). The van der Waals surface area contributed by atoms with E-state index in [0.717, 1.165) is 24.9 Å². The second-order valence-corrected chi connectivity index (χ2v) is 10.8. The van der Waals surface area contributed by atoms with Crippen molar-refractivity contribution in [1.82, 2.24) is 20.1 Å². The monoisotopic (exact) mass is 484 g/mol. The minimum absolute atomic E-state index is 0.126. The quantitative estimate of drug-likeness (QED) is 0.428. The summed E-state index contributed by atoms with van der Waals surface area (Å²) < 4.78 is 12.5. The van der Waals surface area contributed by atoms with E-state index in [4.69, 9.17) is 9.47 Å². The zero-order valence-electron chi connectivity index (χ0n) is 19.8. The highest BCUT2D eigenvalue weighted by atomic mass is 32.2. The lowest BCUT2D eigenvalue weighted by molar-refractivity contribution is -0.146. The number of benzene rings is 1. The highest BCUT2D eigenvalue weighted by Gasteiger charge is 2.54. The number of methoxy groups -OCH3 is 1. The number of ether oxygens (including phenoxy) is 2. The van der Waals surface area contributed by atoms with Gasteiger partial charge >= 0.3 is 5.97 Å². The van der Waals surface area contributed by atoms with Crippen molar-refractivity contribution in [3.63, 3.8) is 0 Å². The summed E-state index contributed by atoms with van der Waals surface area (Å²) in [5.74, 6) is 3.37. The maximum absolute atomic E-state index is 13.5. The van der Waals surface area contributed by atoms with E-state index >= 15 is 0 Å². The minimum Gasteiger partial charge on any atom is -0.495 e. The molecule has 1 aromatic heterocycles. The molecule has 4 aliphatic carbocycles. The Labute approximate surface area is 204 Å². The normalized spacial score (nSPS) is 26.9. The lowest BCUT2D eigenvalue weighted by Crippen LogP contribution is -2.53. The van der Waals surface area contributed by atoms with E-state index in [0.29, 0.717) is 41.1 Å². The Hall–Kier alpha value is -2.55. The van der Waals surface area contributed by atoms with Crippen molar-refractivity contribution in [2.45, 2.75) is 57.1 Å². The Morgan fingerprint density at radius 3 is 2.44 bits per heavy atom. The number of thioether (sulfide) groups is 1. The van der Waals surface area contributed by atoms with Gasteiger partial charge in [0.05, 0.1) is 31.7 Å². The third-order valence-corrected chi connectivity index (χ3v) is 8.48. The first-order valence-corrected chi connectivity index (χ1v) is 13.1. The number of nitrogens with one attached hydrogen (secondary N) is 1. The average Bonchev–Trinajstić information content (AvgIpc) is 3.23. The molecule has 34 heavy (non-hydrogen) atoms. The van der Waals surface area contributed by atoms with Crippen LogP contribution in [0.4, 0.5) is 0 Å². The maximum Gasteiger partial charge on any atom is 0.316 e. The van der Waals surface area contributed by atoms with E-state index in [-0.39, 0.29) is 29.6 Å². The number of hydrogen-bond donors (Lipinski definition) is 1. The number of amides is 1. The topological polar surface area (TPSA) is 95.3 Å². The van der Waals surface area contributed by atoms with Crippen LogP contribution < -0.4 is 10.1 Å². The Balaban J connectivity index is 1.37. The number of para-hydroxylation sites is 2. The van der Waals surface area contributed by atoms with Crippen molar-refractivity contribution >= 4 is 23.6 Å². The molecule has 1 aromatic carbocycles. The number of nitrogens with zero attached hydrogens (tertiary/aromatic N) is 3. The van der Waals surface area contributed by atoms with Gasteiger partial charge in [0.1, 0.15) is 5.75 Å². The van der Waals surface area contributed by atoms with Crippen molar-refractivity contribution in [2.75, 3.05) is 19.5 Å². The summed E-state index contributed by atoms with van der Waals surface area (Å²) in [5.41, 5.74) is 0.548. The molecule has 2 aromatic rings. The Kier molecular flexibility index (Phi) is 6.55. The molecule has 4 aliphatic rings. The van der Waals surface area contributed by atoms with Gasteiger partial charge in [-0.2, -0.15) is 0 Å². The molecule has 1 amide bonds. The van der Waals surface area contributed by atoms with Crippen LogP contribution in [0.1, 0.15) is 51.3 Å². The number of esters is 1. The molecule has 4 bridgehead atoms. The van der Waals surface area contributed by atoms with Crippen molar-refractivity contribution in [3.05, 3.63) is 30.1 Å². The van der Waals surface area contributed by atoms with E-state index in [1.165, 1.54) is 31.0 Å². The molecular weight excluding hydrogens is 452 g/mol. The molecule has 0 aliphatic heterocycles. The first-order chi connectivity index (χ1) is 16.5. The van der Waals surface area contributed by atoms with Gasteiger partial charge in [-0.25, -0.2) is 0 Å². The summed E-state index contributed by atoms with van der Waals surface area (Å²) in [6.07, 6.45) is 6.96. The van der Waals surface area contributed by atoms with Gasteiger partial charge in [0.2, 0.25) is 5.91 Å². The number of carbonyl (C=O) groups excluding carboxylic acids is 2. The van der Waals surface area contributed by atoms with Crippen molar-refractivity contribution in [2.24, 2.45) is 23.2 Å². The Morgan fingerprint density at radius 2 is 1.79 bits per heavy atom. The van der Waals surface area contributed by atoms with Gasteiger partial charge in [0.25, 0.3) is 0 Å². The SMILES string of the molecule is CCOC(=O)CSc1nnc(CNC(=O)C23CC4CC(CC(C4)C2)C3)n1-c1ccccc1OC. The van der Waals surface area contributed by atoms with Gasteiger partial charge in [0, 0.05) is 5.41 Å². The van der Waals surface area contributed by atoms with Gasteiger partial charge in [0.15, 0.2) is 11.0 Å². The van der Waals surface area contributed by atoms with Gasteiger partial charge in [-0.15, -0.1) is 10.2 Å². The van der Waals surface area contributed by atoms with E-state index in [1.807, 2.05) is 28.8 Å². The summed E-state index contributed by atoms with van der Waals surface area (Å²) in [4.78, 5) is 25.4. The summed E-state index contributed by atoms with van der Waals surface area (Å²) >= 11 is 1.26. The maximum atomic E-state index is 13.5. The lowest BCUT2D eigenvalue weighted by atomic mass is 9.49. The number of hydrogen-bond acceptors (Lipinski definition) is 7. The lowest BCUT2D eigenvalue weighted by Gasteiger charge is -2.55. The molecule has 9 heteroatoms. The predicted molar refractivity (Wildman–Crippen MR) is 128 cm³/mol. The molecule has 0 unspecified atom stereocenters. The molecule has 1 N–H and O–H groups in total. The average molecular weight is 485 g/mol. The van der Waals surface area contributed by atoms with Crippen LogP contribution in [0, 0.1) is 23.2 Å². The second kappa shape index (κ2) is 9.60. The Bertz CT molecular complexity index is 1030. The fraction of sp³-hybridized carbons (Fsp3) is 0.600. The summed E-state index contributed by atoms with van der Waals surface area (Å²) in [7, 11) is 1.61. The van der Waals surface area contributed by atoms with Crippen LogP contribution >= 0.6 is 11.8 Å². The fourth-order valence-corrected chi connectivity index (χ4v) is 7.39. The Morgan fingerprint density at radius 1 is 1.12 bits per heavy atom. The van der Waals surface area contributed by atoms with Crippen LogP contribution in [0.15, 0.2) is 29.4 Å². The van der Waals surface area contributed by atoms with Crippen LogP contribution in [0.2, 0.25) is 0 Å². The largest absolute Gasteiger partial charge is 0.495 e. The third-order valence-electron chi connectivity index (χ3n) is 7.58. The molecule has 0 radical (unpaired) electrons. The number of aromatic nitrogens is 3. The molecular formula is C25H32N4O4S. The highest BCUT2D eigenvalue weighted by molar-refractivity contribution is 7.99. The van der Waals surface area contributed by atoms with Crippen molar-refractivity contribution < 1.29 is 19.1 Å². The van der Waals surface area contributed by atoms with Crippen molar-refractivity contribution in [1.29, 1.82) is 0 Å². The molecule has 0 spiro atoms.